The van der Waals surface area contributed by atoms with Gasteiger partial charge in [-0.05, 0) is 75.1 Å². The maximum Gasteiger partial charge on any atom is 0.287 e. The molecule has 2 fully saturated rings. The fourth-order valence-electron chi connectivity index (χ4n) is 4.30. The van der Waals surface area contributed by atoms with Gasteiger partial charge in [0.05, 0.1) is 30.1 Å². The van der Waals surface area contributed by atoms with Crippen LogP contribution in [0.1, 0.15) is 51.1 Å². The number of hydrogen-bond donors (Lipinski definition) is 2. The molecule has 2 aliphatic heterocycles. The van der Waals surface area contributed by atoms with E-state index in [4.69, 9.17) is 16.3 Å². The number of halogens is 1. The Morgan fingerprint density at radius 1 is 1.24 bits per heavy atom. The number of nitrogens with one attached hydrogen (secondary N) is 1. The Morgan fingerprint density at radius 3 is 2.61 bits per heavy atom. The van der Waals surface area contributed by atoms with E-state index in [1.165, 1.54) is 0 Å². The van der Waals surface area contributed by atoms with E-state index >= 15 is 0 Å². The molecule has 1 aromatic heterocycles. The first-order valence-corrected chi connectivity index (χ1v) is 12.8. The summed E-state index contributed by atoms with van der Waals surface area (Å²) in [6.07, 6.45) is 5.55. The van der Waals surface area contributed by atoms with Gasteiger partial charge in [0.1, 0.15) is 5.02 Å². The Kier molecular flexibility index (Phi) is 8.02. The van der Waals surface area contributed by atoms with E-state index in [1.54, 1.807) is 36.7 Å². The van der Waals surface area contributed by atoms with Gasteiger partial charge < -0.3 is 15.2 Å². The number of anilines is 1. The van der Waals surface area contributed by atoms with Crippen LogP contribution in [-0.2, 0) is 10.3 Å². The summed E-state index contributed by atoms with van der Waals surface area (Å²) in [5.41, 5.74) is 0.442. The van der Waals surface area contributed by atoms with Gasteiger partial charge in [0.25, 0.3) is 5.56 Å². The lowest BCUT2D eigenvalue weighted by molar-refractivity contribution is 0.0595. The molecular formula is C24H33ClN4O3S. The van der Waals surface area contributed by atoms with E-state index in [-0.39, 0.29) is 16.6 Å². The van der Waals surface area contributed by atoms with Crippen LogP contribution in [0.2, 0.25) is 5.02 Å². The van der Waals surface area contributed by atoms with Gasteiger partial charge in [0, 0.05) is 31.1 Å². The number of aliphatic hydroxyl groups is 1. The van der Waals surface area contributed by atoms with Crippen molar-refractivity contribution in [1.82, 2.24) is 14.1 Å². The van der Waals surface area contributed by atoms with Crippen LogP contribution in [0.25, 0.3) is 0 Å². The third-order valence-electron chi connectivity index (χ3n) is 6.34. The van der Waals surface area contributed by atoms with Gasteiger partial charge in [-0.15, -0.1) is 0 Å². The Morgan fingerprint density at radius 2 is 1.97 bits per heavy atom. The molecule has 7 nitrogen and oxygen atoms in total. The highest BCUT2D eigenvalue weighted by molar-refractivity contribution is 7.97. The van der Waals surface area contributed by atoms with Gasteiger partial charge in [-0.25, -0.2) is 8.99 Å². The molecule has 9 heteroatoms. The average Bonchev–Trinajstić information content (AvgIpc) is 2.81. The van der Waals surface area contributed by atoms with Gasteiger partial charge in [0.15, 0.2) is 0 Å². The van der Waals surface area contributed by atoms with Crippen molar-refractivity contribution in [3.05, 3.63) is 51.4 Å². The summed E-state index contributed by atoms with van der Waals surface area (Å²) in [7, 11) is 0. The molecule has 2 N–H and O–H groups in total. The maximum atomic E-state index is 12.9. The lowest BCUT2D eigenvalue weighted by Gasteiger charge is -2.31. The summed E-state index contributed by atoms with van der Waals surface area (Å²) < 4.78 is 9.38. The van der Waals surface area contributed by atoms with Crippen LogP contribution >= 0.6 is 23.5 Å². The predicted octanol–water partition coefficient (Wildman–Crippen LogP) is 4.31. The molecule has 33 heavy (non-hydrogen) atoms. The average molecular weight is 493 g/mol. The van der Waals surface area contributed by atoms with Gasteiger partial charge in [-0.3, -0.25) is 4.79 Å². The van der Waals surface area contributed by atoms with Crippen LogP contribution in [0.3, 0.4) is 0 Å². The highest BCUT2D eigenvalue weighted by atomic mass is 35.5. The summed E-state index contributed by atoms with van der Waals surface area (Å²) in [4.78, 5) is 14.0. The van der Waals surface area contributed by atoms with Gasteiger partial charge >= 0.3 is 0 Å². The SMILES string of the molecule is CC(C)(O)c1ccc(SN2CCC(n3ncc(NC[C@@H]4CCCOC4)c(Cl)c3=O)CC2)cc1. The lowest BCUT2D eigenvalue weighted by Crippen LogP contribution is -2.36. The van der Waals surface area contributed by atoms with Crippen molar-refractivity contribution in [3.63, 3.8) is 0 Å². The highest BCUT2D eigenvalue weighted by Gasteiger charge is 2.25. The zero-order chi connectivity index (χ0) is 23.4. The standard InChI is InChI=1S/C24H33ClN4O3S/c1-24(2,31)18-5-7-20(8-6-18)33-28-11-9-19(10-12-28)29-23(30)22(25)21(15-27-29)26-14-17-4-3-13-32-16-17/h5-8,15,17,19,26,31H,3-4,9-14,16H2,1-2H3/t17-/m0/s1. The second kappa shape index (κ2) is 10.8. The smallest absolute Gasteiger partial charge is 0.287 e. The molecule has 0 saturated carbocycles. The summed E-state index contributed by atoms with van der Waals surface area (Å²) in [6.45, 7) is 7.60. The fourth-order valence-corrected chi connectivity index (χ4v) is 5.45. The summed E-state index contributed by atoms with van der Waals surface area (Å²) in [5, 5.41) is 18.1. The molecule has 180 valence electrons. The molecule has 0 bridgehead atoms. The molecule has 2 aromatic rings. The first kappa shape index (κ1) is 24.5. The zero-order valence-corrected chi connectivity index (χ0v) is 20.9. The Bertz CT molecular complexity index is 979. The third-order valence-corrected chi connectivity index (χ3v) is 7.82. The van der Waals surface area contributed by atoms with Crippen molar-refractivity contribution in [1.29, 1.82) is 0 Å². The first-order chi connectivity index (χ1) is 15.8. The molecule has 0 spiro atoms. The van der Waals surface area contributed by atoms with Crippen molar-refractivity contribution in [2.45, 2.75) is 56.1 Å². The summed E-state index contributed by atoms with van der Waals surface area (Å²) in [6, 6.07) is 8.07. The molecule has 2 saturated heterocycles. The summed E-state index contributed by atoms with van der Waals surface area (Å²) >= 11 is 8.13. The first-order valence-electron chi connectivity index (χ1n) is 11.7. The molecule has 1 aromatic carbocycles. The monoisotopic (exact) mass is 492 g/mol. The molecule has 1 atom stereocenters. The normalized spacial score (nSPS) is 20.7. The van der Waals surface area contributed by atoms with Crippen molar-refractivity contribution in [2.24, 2.45) is 5.92 Å². The van der Waals surface area contributed by atoms with Gasteiger partial charge in [-0.1, -0.05) is 23.7 Å². The Labute approximate surface area is 204 Å². The Hall–Kier alpha value is -1.58. The number of hydrogen-bond acceptors (Lipinski definition) is 7. The van der Waals surface area contributed by atoms with E-state index in [0.29, 0.717) is 11.6 Å². The third kappa shape index (κ3) is 6.31. The number of rotatable bonds is 7. The van der Waals surface area contributed by atoms with Crippen molar-refractivity contribution in [3.8, 4) is 0 Å². The maximum absolute atomic E-state index is 12.9. The number of aromatic nitrogens is 2. The largest absolute Gasteiger partial charge is 0.386 e. The predicted molar refractivity (Wildman–Crippen MR) is 133 cm³/mol. The minimum absolute atomic E-state index is 0.0465. The van der Waals surface area contributed by atoms with E-state index in [2.05, 4.69) is 14.7 Å². The van der Waals surface area contributed by atoms with Crippen LogP contribution in [0.5, 0.6) is 0 Å². The Balaban J connectivity index is 1.31. The summed E-state index contributed by atoms with van der Waals surface area (Å²) in [5.74, 6) is 0.436. The van der Waals surface area contributed by atoms with E-state index in [9.17, 15) is 9.90 Å². The van der Waals surface area contributed by atoms with E-state index in [0.717, 1.165) is 69.0 Å². The molecular weight excluding hydrogens is 460 g/mol. The number of ether oxygens (including phenoxy) is 1. The molecule has 0 amide bonds. The quantitative estimate of drug-likeness (QED) is 0.557. The fraction of sp³-hybridized carbons (Fsp3) is 0.583. The second-order valence-corrected chi connectivity index (χ2v) is 11.0. The van der Waals surface area contributed by atoms with Crippen molar-refractivity contribution < 1.29 is 9.84 Å². The topological polar surface area (TPSA) is 79.6 Å². The van der Waals surface area contributed by atoms with E-state index < -0.39 is 5.60 Å². The minimum atomic E-state index is -0.835. The number of benzene rings is 1. The molecule has 0 unspecified atom stereocenters. The zero-order valence-electron chi connectivity index (χ0n) is 19.3. The van der Waals surface area contributed by atoms with Crippen LogP contribution in [-0.4, -0.2) is 52.0 Å². The van der Waals surface area contributed by atoms with E-state index in [1.807, 2.05) is 24.3 Å². The number of piperidine rings is 1. The van der Waals surface area contributed by atoms with Crippen LogP contribution in [0.4, 0.5) is 5.69 Å². The molecule has 0 radical (unpaired) electrons. The highest BCUT2D eigenvalue weighted by Crippen LogP contribution is 2.31. The molecule has 4 rings (SSSR count). The van der Waals surface area contributed by atoms with Crippen molar-refractivity contribution in [2.75, 3.05) is 38.2 Å². The number of nitrogens with zero attached hydrogens (tertiary/aromatic N) is 3. The molecule has 0 aliphatic carbocycles. The van der Waals surface area contributed by atoms with Gasteiger partial charge in [-0.2, -0.15) is 5.10 Å². The second-order valence-electron chi connectivity index (χ2n) is 9.42. The molecule has 3 heterocycles. The molecule has 2 aliphatic rings. The van der Waals surface area contributed by atoms with Crippen molar-refractivity contribution >= 4 is 29.2 Å². The van der Waals surface area contributed by atoms with Gasteiger partial charge in [0.2, 0.25) is 0 Å². The van der Waals surface area contributed by atoms with Crippen LogP contribution in [0, 0.1) is 5.92 Å². The lowest BCUT2D eigenvalue weighted by atomic mass is 9.99. The van der Waals surface area contributed by atoms with Crippen LogP contribution < -0.4 is 10.9 Å². The minimum Gasteiger partial charge on any atom is -0.386 e. The van der Waals surface area contributed by atoms with Crippen LogP contribution in [0.15, 0.2) is 40.2 Å².